The van der Waals surface area contributed by atoms with Crippen molar-refractivity contribution in [3.8, 4) is 0 Å². The zero-order valence-electron chi connectivity index (χ0n) is 48.6. The Morgan fingerprint density at radius 1 is 0.361 bits per heavy atom. The van der Waals surface area contributed by atoms with Gasteiger partial charge in [-0.15, -0.1) is 0 Å². The number of hydrogen-bond donors (Lipinski definition) is 0. The van der Waals surface area contributed by atoms with Crippen molar-refractivity contribution in [2.75, 3.05) is 46.1 Å². The maximum atomic E-state index is 14.1. The van der Waals surface area contributed by atoms with E-state index in [1.54, 1.807) is 0 Å². The minimum atomic E-state index is -0.428. The Morgan fingerprint density at radius 2 is 0.667 bits per heavy atom. The maximum Gasteiger partial charge on any atom is 0.306 e. The number of nitrogens with zero attached hydrogens (tertiary/aromatic N) is 1. The van der Waals surface area contributed by atoms with Crippen molar-refractivity contribution in [3.63, 3.8) is 0 Å². The highest BCUT2D eigenvalue weighted by Gasteiger charge is 2.66. The second-order valence-electron chi connectivity index (χ2n) is 24.7. The number of carbonyl (C=O) groups excluding carboxylic acids is 4. The molecule has 4 atom stereocenters. The molecule has 0 aromatic heterocycles. The molecule has 4 rings (SSSR count). The van der Waals surface area contributed by atoms with Crippen LogP contribution in [0.15, 0.2) is 0 Å². The van der Waals surface area contributed by atoms with Gasteiger partial charge in [0.05, 0.1) is 26.4 Å². The molecule has 0 radical (unpaired) electrons. The molecule has 4 unspecified atom stereocenters. The summed E-state index contributed by atoms with van der Waals surface area (Å²) in [6.45, 7) is 21.8. The molecule has 0 heterocycles. The highest BCUT2D eigenvalue weighted by atomic mass is 16.5. The van der Waals surface area contributed by atoms with E-state index < -0.39 is 10.8 Å². The first kappa shape index (κ1) is 64.1. The summed E-state index contributed by atoms with van der Waals surface area (Å²) in [4.78, 5) is 58.1. The SMILES string of the molecule is CCCCCC(CCCCC)CCC(=O)OCC12CC3(COC(=O)CCCN(CC)CC)CCC(COC(=O)CC(CCCCC)CCCCC)(C1)CC(COC(=O)CC(CCCCC)CCCCC)(C3)C2. The number of carbonyl (C=O) groups is 4. The van der Waals surface area contributed by atoms with Crippen LogP contribution in [0.2, 0.25) is 0 Å². The standard InChI is InChI=1S/C63H115NO8/c1-9-17-23-30-53(31-24-18-10-2)37-38-57(66)70-51-62-44-60(49-69-56(65)36-29-41-64(15-7)16-8)39-40-61(46-62,50-71-58(67)42-54(32-25-19-11-3)33-26-20-12-4)47-63(45-60,48-62)52-72-59(68)43-55(34-27-21-13-5)35-28-22-14-6/h53-55H,9-52H2,1-8H3. The molecule has 72 heavy (non-hydrogen) atoms. The van der Waals surface area contributed by atoms with E-state index in [0.717, 1.165) is 154 Å². The summed E-state index contributed by atoms with van der Waals surface area (Å²) in [5.41, 5.74) is -1.60. The Kier molecular flexibility index (Phi) is 32.0. The van der Waals surface area contributed by atoms with Gasteiger partial charge >= 0.3 is 23.9 Å². The number of fused-ring (bicyclic) bond motifs is 1. The molecule has 0 aromatic rings. The Hall–Kier alpha value is -2.16. The van der Waals surface area contributed by atoms with Crippen molar-refractivity contribution >= 4 is 23.9 Å². The molecule has 4 bridgehead atoms. The molecule has 0 amide bonds. The lowest BCUT2D eigenvalue weighted by atomic mass is 9.46. The molecule has 9 heteroatoms. The Morgan fingerprint density at radius 3 is 1.01 bits per heavy atom. The van der Waals surface area contributed by atoms with E-state index in [-0.39, 0.29) is 34.7 Å². The number of unbranched alkanes of at least 4 members (excludes halogenated alkanes) is 12. The van der Waals surface area contributed by atoms with Crippen molar-refractivity contribution < 1.29 is 38.1 Å². The first-order chi connectivity index (χ1) is 34.8. The topological polar surface area (TPSA) is 108 Å². The molecule has 4 aliphatic carbocycles. The quantitative estimate of drug-likeness (QED) is 0.0335. The van der Waals surface area contributed by atoms with Crippen LogP contribution in [0.1, 0.15) is 293 Å². The van der Waals surface area contributed by atoms with Crippen molar-refractivity contribution in [1.82, 2.24) is 4.90 Å². The Bertz CT molecular complexity index is 1450. The van der Waals surface area contributed by atoms with Crippen molar-refractivity contribution in [2.45, 2.75) is 293 Å². The predicted molar refractivity (Wildman–Crippen MR) is 297 cm³/mol. The number of hydrogen-bond acceptors (Lipinski definition) is 9. The highest BCUT2D eigenvalue weighted by molar-refractivity contribution is 5.71. The summed E-state index contributed by atoms with van der Waals surface area (Å²) in [6, 6.07) is 0. The van der Waals surface area contributed by atoms with E-state index in [2.05, 4.69) is 60.3 Å². The van der Waals surface area contributed by atoms with Crippen LogP contribution in [0.5, 0.6) is 0 Å². The van der Waals surface area contributed by atoms with Crippen LogP contribution in [0.4, 0.5) is 0 Å². The van der Waals surface area contributed by atoms with Crippen LogP contribution in [0.3, 0.4) is 0 Å². The first-order valence-corrected chi connectivity index (χ1v) is 31.1. The summed E-state index contributed by atoms with van der Waals surface area (Å²) in [6.07, 6.45) is 36.7. The highest BCUT2D eigenvalue weighted by Crippen LogP contribution is 2.71. The minimum absolute atomic E-state index is 0.0972. The van der Waals surface area contributed by atoms with E-state index in [4.69, 9.17) is 18.9 Å². The number of ether oxygens (including phenoxy) is 4. The van der Waals surface area contributed by atoms with E-state index in [0.29, 0.717) is 69.9 Å². The summed E-state index contributed by atoms with van der Waals surface area (Å²) < 4.78 is 26.0. The van der Waals surface area contributed by atoms with Gasteiger partial charge in [0.1, 0.15) is 0 Å². The lowest BCUT2D eigenvalue weighted by Gasteiger charge is -2.60. The van der Waals surface area contributed by atoms with Gasteiger partial charge in [-0.05, 0) is 121 Å². The molecule has 4 fully saturated rings. The van der Waals surface area contributed by atoms with Crippen LogP contribution in [-0.4, -0.2) is 74.8 Å². The van der Waals surface area contributed by atoms with Gasteiger partial charge in [-0.2, -0.15) is 0 Å². The van der Waals surface area contributed by atoms with E-state index in [1.165, 1.54) is 77.0 Å². The third-order valence-corrected chi connectivity index (χ3v) is 17.8. The predicted octanol–water partition coefficient (Wildman–Crippen LogP) is 16.9. The average Bonchev–Trinajstić information content (AvgIpc) is 3.52. The monoisotopic (exact) mass is 1010 g/mol. The maximum absolute atomic E-state index is 14.1. The summed E-state index contributed by atoms with van der Waals surface area (Å²) in [7, 11) is 0. The fourth-order valence-electron chi connectivity index (χ4n) is 14.2. The molecular formula is C63H115NO8. The van der Waals surface area contributed by atoms with E-state index >= 15 is 0 Å². The molecule has 9 nitrogen and oxygen atoms in total. The largest absolute Gasteiger partial charge is 0.465 e. The zero-order valence-corrected chi connectivity index (χ0v) is 48.6. The zero-order chi connectivity index (χ0) is 52.6. The second kappa shape index (κ2) is 36.0. The van der Waals surface area contributed by atoms with Crippen molar-refractivity contribution in [2.24, 2.45) is 39.4 Å². The Labute approximate surface area is 443 Å². The van der Waals surface area contributed by atoms with E-state index in [1.807, 2.05) is 0 Å². The third kappa shape index (κ3) is 24.2. The van der Waals surface area contributed by atoms with Gasteiger partial charge in [-0.25, -0.2) is 0 Å². The summed E-state index contributed by atoms with van der Waals surface area (Å²) in [5.74, 6) is 0.712. The van der Waals surface area contributed by atoms with Gasteiger partial charge in [0.25, 0.3) is 0 Å². The van der Waals surface area contributed by atoms with Crippen LogP contribution >= 0.6 is 0 Å². The number of esters is 4. The van der Waals surface area contributed by atoms with Gasteiger partial charge in [0, 0.05) is 47.3 Å². The second-order valence-corrected chi connectivity index (χ2v) is 24.7. The van der Waals surface area contributed by atoms with Gasteiger partial charge < -0.3 is 23.8 Å². The fraction of sp³-hybridized carbons (Fsp3) is 0.937. The first-order valence-electron chi connectivity index (χ1n) is 31.1. The number of rotatable bonds is 45. The molecule has 0 N–H and O–H groups in total. The van der Waals surface area contributed by atoms with Gasteiger partial charge in [-0.3, -0.25) is 19.2 Å². The fourth-order valence-corrected chi connectivity index (χ4v) is 14.2. The van der Waals surface area contributed by atoms with Crippen molar-refractivity contribution in [1.29, 1.82) is 0 Å². The molecule has 0 aromatic carbocycles. The van der Waals surface area contributed by atoms with E-state index in [9.17, 15) is 19.2 Å². The van der Waals surface area contributed by atoms with Gasteiger partial charge in [0.2, 0.25) is 0 Å². The molecule has 0 saturated heterocycles. The summed E-state index contributed by atoms with van der Waals surface area (Å²) >= 11 is 0. The van der Waals surface area contributed by atoms with Crippen LogP contribution in [0, 0.1) is 39.4 Å². The smallest absolute Gasteiger partial charge is 0.306 e. The van der Waals surface area contributed by atoms with Gasteiger partial charge in [-0.1, -0.05) is 184 Å². The van der Waals surface area contributed by atoms with Crippen LogP contribution < -0.4 is 0 Å². The average molecular weight is 1010 g/mol. The van der Waals surface area contributed by atoms with Crippen molar-refractivity contribution in [3.05, 3.63) is 0 Å². The lowest BCUT2D eigenvalue weighted by Crippen LogP contribution is -2.56. The third-order valence-electron chi connectivity index (χ3n) is 17.8. The molecule has 4 aliphatic rings. The molecule has 420 valence electrons. The molecule has 0 aliphatic heterocycles. The van der Waals surface area contributed by atoms with Gasteiger partial charge in [0.15, 0.2) is 0 Å². The normalized spacial score (nSPS) is 22.6. The molecule has 4 saturated carbocycles. The van der Waals surface area contributed by atoms with Crippen LogP contribution in [-0.2, 0) is 38.1 Å². The Balaban J connectivity index is 1.98. The lowest BCUT2D eigenvalue weighted by molar-refractivity contribution is -0.187. The molecular weight excluding hydrogens is 899 g/mol. The minimum Gasteiger partial charge on any atom is -0.465 e. The molecule has 0 spiro atoms. The summed E-state index contributed by atoms with van der Waals surface area (Å²) in [5, 5.41) is 0. The van der Waals surface area contributed by atoms with Crippen LogP contribution in [0.25, 0.3) is 0 Å².